The van der Waals surface area contributed by atoms with Gasteiger partial charge in [-0.2, -0.15) is 0 Å². The first kappa shape index (κ1) is 14.9. The molecule has 0 aliphatic carbocycles. The van der Waals surface area contributed by atoms with Crippen molar-refractivity contribution in [3.8, 4) is 11.4 Å². The van der Waals surface area contributed by atoms with E-state index in [0.29, 0.717) is 10.9 Å². The summed E-state index contributed by atoms with van der Waals surface area (Å²) in [7, 11) is 1.64. The van der Waals surface area contributed by atoms with Crippen molar-refractivity contribution in [3.63, 3.8) is 0 Å². The number of para-hydroxylation sites is 1. The number of benzene rings is 2. The van der Waals surface area contributed by atoms with E-state index in [-0.39, 0.29) is 0 Å². The van der Waals surface area contributed by atoms with Crippen LogP contribution in [0.1, 0.15) is 5.82 Å². The number of rotatable bonds is 3. The molecule has 0 unspecified atom stereocenters. The minimum absolute atomic E-state index is 0.316. The molecule has 3 aromatic rings. The Bertz CT molecular complexity index is 817. The van der Waals surface area contributed by atoms with Crippen LogP contribution < -0.4 is 4.74 Å². The highest BCUT2D eigenvalue weighted by atomic mass is 127. The number of nitrogens with zero attached hydrogens (tertiary/aromatic N) is 2. The van der Waals surface area contributed by atoms with Crippen LogP contribution in [-0.4, -0.2) is 16.7 Å². The van der Waals surface area contributed by atoms with Crippen molar-refractivity contribution in [2.45, 2.75) is 5.88 Å². The molecule has 0 amide bonds. The Morgan fingerprint density at radius 2 is 2.10 bits per heavy atom. The Balaban J connectivity index is 2.35. The first-order chi connectivity index (χ1) is 10.2. The minimum Gasteiger partial charge on any atom is -0.494 e. The summed E-state index contributed by atoms with van der Waals surface area (Å²) >= 11 is 14.4. The quantitative estimate of drug-likeness (QED) is 0.428. The van der Waals surface area contributed by atoms with Gasteiger partial charge in [-0.15, -0.1) is 11.6 Å². The predicted molar refractivity (Wildman–Crippen MR) is 94.9 cm³/mol. The fraction of sp³-hybridized carbons (Fsp3) is 0.133. The number of methoxy groups -OCH3 is 1. The lowest BCUT2D eigenvalue weighted by molar-refractivity contribution is 0.419. The number of aromatic nitrogens is 2. The number of halogens is 3. The van der Waals surface area contributed by atoms with Crippen molar-refractivity contribution < 1.29 is 4.74 Å². The molecule has 0 saturated heterocycles. The Hall–Kier alpha value is -0.980. The molecular weight excluding hydrogens is 422 g/mol. The van der Waals surface area contributed by atoms with Gasteiger partial charge >= 0.3 is 0 Å². The van der Waals surface area contributed by atoms with Crippen molar-refractivity contribution in [1.82, 2.24) is 9.55 Å². The van der Waals surface area contributed by atoms with Gasteiger partial charge in [-0.1, -0.05) is 17.7 Å². The van der Waals surface area contributed by atoms with Crippen molar-refractivity contribution in [1.29, 1.82) is 0 Å². The van der Waals surface area contributed by atoms with E-state index in [1.165, 1.54) is 0 Å². The molecule has 3 nitrogen and oxygen atoms in total. The van der Waals surface area contributed by atoms with Gasteiger partial charge < -0.3 is 4.74 Å². The van der Waals surface area contributed by atoms with Crippen LogP contribution in [0, 0.1) is 3.57 Å². The summed E-state index contributed by atoms with van der Waals surface area (Å²) in [6.07, 6.45) is 0. The number of imidazole rings is 1. The average Bonchev–Trinajstić information content (AvgIpc) is 2.85. The molecule has 0 aliphatic rings. The number of hydrogen-bond acceptors (Lipinski definition) is 2. The van der Waals surface area contributed by atoms with Crippen LogP contribution in [0.5, 0.6) is 5.75 Å². The molecule has 3 rings (SSSR count). The lowest BCUT2D eigenvalue weighted by Gasteiger charge is -2.10. The van der Waals surface area contributed by atoms with Gasteiger partial charge in [0.15, 0.2) is 0 Å². The Labute approximate surface area is 146 Å². The SMILES string of the molecule is COc1cccc2c1nc(CCl)n2-c1ccc(Cl)cc1I. The van der Waals surface area contributed by atoms with E-state index >= 15 is 0 Å². The van der Waals surface area contributed by atoms with Crippen molar-refractivity contribution in [2.75, 3.05) is 7.11 Å². The fourth-order valence-corrected chi connectivity index (χ4v) is 3.60. The van der Waals surface area contributed by atoms with Gasteiger partial charge in [0.2, 0.25) is 0 Å². The Kier molecular flexibility index (Phi) is 4.28. The molecule has 6 heteroatoms. The van der Waals surface area contributed by atoms with Gasteiger partial charge in [-0.05, 0) is 52.9 Å². The molecule has 108 valence electrons. The lowest BCUT2D eigenvalue weighted by atomic mass is 10.2. The predicted octanol–water partition coefficient (Wildman–Crippen LogP) is 5.03. The van der Waals surface area contributed by atoms with Gasteiger partial charge in [0.25, 0.3) is 0 Å². The van der Waals surface area contributed by atoms with Crippen LogP contribution in [0.3, 0.4) is 0 Å². The highest BCUT2D eigenvalue weighted by molar-refractivity contribution is 14.1. The molecule has 2 aromatic carbocycles. The zero-order chi connectivity index (χ0) is 15.0. The number of fused-ring (bicyclic) bond motifs is 1. The summed E-state index contributed by atoms with van der Waals surface area (Å²) in [5.74, 6) is 1.83. The van der Waals surface area contributed by atoms with Crippen LogP contribution in [0.25, 0.3) is 16.7 Å². The van der Waals surface area contributed by atoms with E-state index in [2.05, 4.69) is 27.6 Å². The molecule has 0 N–H and O–H groups in total. The van der Waals surface area contributed by atoms with Crippen molar-refractivity contribution in [3.05, 3.63) is 50.8 Å². The highest BCUT2D eigenvalue weighted by Crippen LogP contribution is 2.31. The molecule has 0 bridgehead atoms. The Morgan fingerprint density at radius 3 is 2.76 bits per heavy atom. The third-order valence-corrected chi connectivity index (χ3v) is 4.55. The Morgan fingerprint density at radius 1 is 1.29 bits per heavy atom. The maximum absolute atomic E-state index is 6.08. The van der Waals surface area contributed by atoms with Crippen LogP contribution in [0.2, 0.25) is 5.02 Å². The maximum atomic E-state index is 6.08. The second-order valence-electron chi connectivity index (χ2n) is 4.42. The summed E-state index contributed by atoms with van der Waals surface area (Å²) in [6.45, 7) is 0. The molecule has 1 aromatic heterocycles. The average molecular weight is 433 g/mol. The summed E-state index contributed by atoms with van der Waals surface area (Å²) in [4.78, 5) is 4.61. The smallest absolute Gasteiger partial charge is 0.146 e. The monoisotopic (exact) mass is 432 g/mol. The van der Waals surface area contributed by atoms with E-state index in [1.54, 1.807) is 7.11 Å². The first-order valence-electron chi connectivity index (χ1n) is 6.21. The molecule has 0 atom stereocenters. The zero-order valence-electron chi connectivity index (χ0n) is 11.1. The molecule has 21 heavy (non-hydrogen) atoms. The number of alkyl halides is 1. The fourth-order valence-electron chi connectivity index (χ4n) is 2.31. The standard InChI is InChI=1S/C15H11Cl2IN2O/c1-21-13-4-2-3-12-15(13)19-14(8-16)20(12)11-6-5-9(17)7-10(11)18/h2-7H,8H2,1H3. The summed E-state index contributed by atoms with van der Waals surface area (Å²) in [5.41, 5.74) is 2.78. The molecule has 0 radical (unpaired) electrons. The van der Waals surface area contributed by atoms with Crippen molar-refractivity contribution >= 4 is 56.8 Å². The summed E-state index contributed by atoms with van der Waals surface area (Å²) in [5, 5.41) is 0.706. The van der Waals surface area contributed by atoms with E-state index in [1.807, 2.05) is 41.0 Å². The van der Waals surface area contributed by atoms with E-state index in [0.717, 1.165) is 31.9 Å². The van der Waals surface area contributed by atoms with E-state index in [4.69, 9.17) is 27.9 Å². The molecule has 1 heterocycles. The van der Waals surface area contributed by atoms with Crippen LogP contribution in [-0.2, 0) is 5.88 Å². The topological polar surface area (TPSA) is 27.1 Å². The minimum atomic E-state index is 0.316. The third-order valence-electron chi connectivity index (χ3n) is 3.21. The summed E-state index contributed by atoms with van der Waals surface area (Å²) in [6, 6.07) is 11.6. The number of hydrogen-bond donors (Lipinski definition) is 0. The van der Waals surface area contributed by atoms with Gasteiger partial charge in [0, 0.05) is 8.59 Å². The normalized spacial score (nSPS) is 11.0. The largest absolute Gasteiger partial charge is 0.494 e. The molecule has 0 saturated carbocycles. The lowest BCUT2D eigenvalue weighted by Crippen LogP contribution is -2.01. The molecular formula is C15H11Cl2IN2O. The molecule has 0 fully saturated rings. The maximum Gasteiger partial charge on any atom is 0.146 e. The van der Waals surface area contributed by atoms with Crippen LogP contribution >= 0.6 is 45.8 Å². The highest BCUT2D eigenvalue weighted by Gasteiger charge is 2.16. The third kappa shape index (κ3) is 2.60. The van der Waals surface area contributed by atoms with Gasteiger partial charge in [-0.3, -0.25) is 4.57 Å². The number of ether oxygens (including phenoxy) is 1. The zero-order valence-corrected chi connectivity index (χ0v) is 14.8. The van der Waals surface area contributed by atoms with E-state index < -0.39 is 0 Å². The van der Waals surface area contributed by atoms with Gasteiger partial charge in [-0.25, -0.2) is 4.98 Å². The second kappa shape index (κ2) is 6.02. The molecule has 0 aliphatic heterocycles. The van der Waals surface area contributed by atoms with Crippen LogP contribution in [0.15, 0.2) is 36.4 Å². The van der Waals surface area contributed by atoms with Crippen molar-refractivity contribution in [2.24, 2.45) is 0 Å². The van der Waals surface area contributed by atoms with Crippen LogP contribution in [0.4, 0.5) is 0 Å². The molecule has 0 spiro atoms. The van der Waals surface area contributed by atoms with E-state index in [9.17, 15) is 0 Å². The summed E-state index contributed by atoms with van der Waals surface area (Å²) < 4.78 is 8.46. The second-order valence-corrected chi connectivity index (χ2v) is 6.29. The first-order valence-corrected chi connectivity index (χ1v) is 8.20. The van der Waals surface area contributed by atoms with Gasteiger partial charge in [0.05, 0.1) is 24.2 Å². The van der Waals surface area contributed by atoms with Gasteiger partial charge in [0.1, 0.15) is 17.1 Å².